The summed E-state index contributed by atoms with van der Waals surface area (Å²) in [5.41, 5.74) is 3.43. The van der Waals surface area contributed by atoms with Crippen molar-refractivity contribution in [1.29, 1.82) is 0 Å². The number of carbonyl (C=O) groups excluding carboxylic acids is 2. The molecule has 2 N–H and O–H groups in total. The Bertz CT molecular complexity index is 1790. The van der Waals surface area contributed by atoms with Crippen LogP contribution in [0.15, 0.2) is 52.9 Å². The molecule has 5 aliphatic rings. The Morgan fingerprint density at radius 1 is 1.16 bits per heavy atom. The molecule has 2 aromatic rings. The lowest BCUT2D eigenvalue weighted by atomic mass is 9.68. The van der Waals surface area contributed by atoms with E-state index in [4.69, 9.17) is 25.8 Å². The first-order valence-corrected chi connectivity index (χ1v) is 20.5. The van der Waals surface area contributed by atoms with Crippen LogP contribution in [0.1, 0.15) is 73.4 Å². The number of carbonyl (C=O) groups is 2. The summed E-state index contributed by atoms with van der Waals surface area (Å²) in [4.78, 5) is 29.6. The molecular formula is C39H51ClN4O6S. The summed E-state index contributed by atoms with van der Waals surface area (Å²) >= 11 is 6.46. The van der Waals surface area contributed by atoms with Crippen LogP contribution in [0.5, 0.6) is 5.75 Å². The number of anilines is 1. The molecule has 2 aromatic carbocycles. The molecule has 12 heteroatoms. The third-order valence-corrected chi connectivity index (χ3v) is 14.1. The Hall–Kier alpha value is -3.12. The predicted molar refractivity (Wildman–Crippen MR) is 200 cm³/mol. The van der Waals surface area contributed by atoms with Crippen LogP contribution in [-0.2, 0) is 31.2 Å². The highest BCUT2D eigenvalue weighted by atomic mass is 35.5. The van der Waals surface area contributed by atoms with E-state index in [2.05, 4.69) is 43.6 Å². The van der Waals surface area contributed by atoms with Crippen LogP contribution in [-0.4, -0.2) is 74.6 Å². The lowest BCUT2D eigenvalue weighted by molar-refractivity contribution is 0.0131. The van der Waals surface area contributed by atoms with Crippen LogP contribution >= 0.6 is 11.6 Å². The smallest absolute Gasteiger partial charge is 0.327 e. The van der Waals surface area contributed by atoms with E-state index in [-0.39, 0.29) is 35.1 Å². The van der Waals surface area contributed by atoms with E-state index in [1.54, 1.807) is 20.3 Å². The fraction of sp³-hybridized carbons (Fsp3) is 0.590. The number of urea groups is 1. The molecule has 3 aliphatic carbocycles. The number of ether oxygens (including phenoxy) is 3. The monoisotopic (exact) mass is 738 g/mol. The molecule has 2 aliphatic heterocycles. The Morgan fingerprint density at radius 3 is 2.76 bits per heavy atom. The van der Waals surface area contributed by atoms with Gasteiger partial charge in [-0.3, -0.25) is 9.52 Å². The van der Waals surface area contributed by atoms with Crippen molar-refractivity contribution in [2.45, 2.75) is 75.9 Å². The number of nitrogens with zero attached hydrogens (tertiary/aromatic N) is 2. The Kier molecular flexibility index (Phi) is 10.7. The molecule has 8 atom stereocenters. The van der Waals surface area contributed by atoms with Crippen molar-refractivity contribution >= 4 is 39.1 Å². The van der Waals surface area contributed by atoms with Gasteiger partial charge in [0.25, 0.3) is 5.91 Å². The summed E-state index contributed by atoms with van der Waals surface area (Å²) < 4.78 is 39.4. The van der Waals surface area contributed by atoms with Crippen molar-refractivity contribution in [3.8, 4) is 5.75 Å². The quantitative estimate of drug-likeness (QED) is 0.328. The van der Waals surface area contributed by atoms with E-state index in [0.717, 1.165) is 68.7 Å². The Balaban J connectivity index is 1.25. The largest absolute Gasteiger partial charge is 0.490 e. The molecule has 3 amide bonds. The van der Waals surface area contributed by atoms with Crippen LogP contribution in [0, 0.1) is 23.7 Å². The number of fused-ring (bicyclic) bond motifs is 4. The zero-order valence-corrected chi connectivity index (χ0v) is 31.5. The molecule has 2 bridgehead atoms. The molecule has 0 radical (unpaired) electrons. The summed E-state index contributed by atoms with van der Waals surface area (Å²) in [7, 11) is -0.0801. The number of methoxy groups -OCH3 is 2. The van der Waals surface area contributed by atoms with E-state index in [9.17, 15) is 13.8 Å². The highest BCUT2D eigenvalue weighted by molar-refractivity contribution is 7.92. The van der Waals surface area contributed by atoms with Gasteiger partial charge in [-0.1, -0.05) is 36.7 Å². The van der Waals surface area contributed by atoms with Gasteiger partial charge in [0.1, 0.15) is 15.7 Å². The third-order valence-electron chi connectivity index (χ3n) is 11.9. The van der Waals surface area contributed by atoms with Gasteiger partial charge < -0.3 is 24.4 Å². The van der Waals surface area contributed by atoms with Crippen molar-refractivity contribution in [3.63, 3.8) is 0 Å². The number of halogens is 1. The standard InChI is InChI=1S/C39H51ClN4O6S/c1-25-6-4-8-35(49-3)31-13-9-28(31)20-44-23-39(17-5-7-26-18-30(40)12-14-32(26)39)24-50-36-16-11-27(19-34(36)44)37(45)42-51(47,22-25)43-38(46)41-33-15-10-29(33)21-48-2/h4,8,11-12,14,16,18-19,25,28-29,31,33,35H,5-7,9-10,13,15,17,20-24H2,1-3H3,(H2,41,42,43,45,46,47)/b8-4+/t25-,28-,29-,31+,33+,35-,39-,51?/m0/s1. The minimum Gasteiger partial charge on any atom is -0.490 e. The molecule has 2 fully saturated rings. The highest BCUT2D eigenvalue weighted by Gasteiger charge is 2.44. The van der Waals surface area contributed by atoms with Gasteiger partial charge in [0, 0.05) is 55.3 Å². The van der Waals surface area contributed by atoms with Crippen LogP contribution in [0.2, 0.25) is 5.02 Å². The van der Waals surface area contributed by atoms with E-state index in [0.29, 0.717) is 42.8 Å². The summed E-state index contributed by atoms with van der Waals surface area (Å²) in [6, 6.07) is 11.0. The van der Waals surface area contributed by atoms with E-state index in [1.807, 2.05) is 25.1 Å². The first-order valence-electron chi connectivity index (χ1n) is 18.4. The second-order valence-electron chi connectivity index (χ2n) is 15.4. The number of hydrogen-bond acceptors (Lipinski definition) is 7. The maximum absolute atomic E-state index is 14.5. The summed E-state index contributed by atoms with van der Waals surface area (Å²) in [5, 5.41) is 3.68. The molecule has 0 saturated heterocycles. The molecule has 7 rings (SSSR count). The van der Waals surface area contributed by atoms with Crippen molar-refractivity contribution in [2.75, 3.05) is 51.2 Å². The van der Waals surface area contributed by atoms with Gasteiger partial charge in [0.05, 0.1) is 30.8 Å². The lowest BCUT2D eigenvalue weighted by Crippen LogP contribution is -2.53. The highest BCUT2D eigenvalue weighted by Crippen LogP contribution is 2.47. The molecule has 0 aromatic heterocycles. The average molecular weight is 739 g/mol. The predicted octanol–water partition coefficient (Wildman–Crippen LogP) is 6.70. The van der Waals surface area contributed by atoms with E-state index >= 15 is 0 Å². The molecule has 10 nitrogen and oxygen atoms in total. The molecule has 276 valence electrons. The second kappa shape index (κ2) is 15.1. The number of hydrogen-bond donors (Lipinski definition) is 2. The van der Waals surface area contributed by atoms with Gasteiger partial charge in [-0.2, -0.15) is 0 Å². The zero-order chi connectivity index (χ0) is 35.8. The molecular weight excluding hydrogens is 688 g/mol. The maximum atomic E-state index is 14.5. The van der Waals surface area contributed by atoms with Gasteiger partial charge in [-0.25, -0.2) is 9.00 Å². The van der Waals surface area contributed by atoms with Crippen molar-refractivity contribution < 1.29 is 28.0 Å². The van der Waals surface area contributed by atoms with Gasteiger partial charge in [0.15, 0.2) is 0 Å². The average Bonchev–Trinajstić information content (AvgIpc) is 3.23. The Labute approximate surface area is 307 Å². The van der Waals surface area contributed by atoms with Gasteiger partial charge in [0.2, 0.25) is 0 Å². The zero-order valence-electron chi connectivity index (χ0n) is 29.9. The molecule has 2 saturated carbocycles. The molecule has 1 unspecified atom stereocenters. The second-order valence-corrected chi connectivity index (χ2v) is 17.9. The first kappa shape index (κ1) is 36.2. The van der Waals surface area contributed by atoms with Crippen molar-refractivity contribution in [3.05, 3.63) is 70.3 Å². The Morgan fingerprint density at radius 2 is 2.02 bits per heavy atom. The van der Waals surface area contributed by atoms with E-state index < -0.39 is 21.9 Å². The SMILES string of the molecule is COC[C@@H]1CC[C@H]1NC(=O)NS1(=O)=NC(=O)c2ccc3c(c2)N(C[C@@H]2CC[C@H]2[C@@H](OC)/C=C/C[C@H](C)C1)C[C@@]1(CCCc2cc(Cl)ccc21)CO3. The molecule has 51 heavy (non-hydrogen) atoms. The number of benzene rings is 2. The van der Waals surface area contributed by atoms with Gasteiger partial charge in [-0.15, -0.1) is 4.36 Å². The van der Waals surface area contributed by atoms with Crippen molar-refractivity contribution in [1.82, 2.24) is 10.0 Å². The number of allylic oxidation sites excluding steroid dienone is 1. The number of nitrogens with one attached hydrogen (secondary N) is 2. The fourth-order valence-corrected chi connectivity index (χ4v) is 10.9. The lowest BCUT2D eigenvalue weighted by Gasteiger charge is -2.46. The normalized spacial score (nSPS) is 34.0. The van der Waals surface area contributed by atoms with Gasteiger partial charge >= 0.3 is 6.03 Å². The van der Waals surface area contributed by atoms with Crippen molar-refractivity contribution in [2.24, 2.45) is 28.0 Å². The van der Waals surface area contributed by atoms with Crippen LogP contribution in [0.3, 0.4) is 0 Å². The fourth-order valence-electron chi connectivity index (χ4n) is 8.88. The van der Waals surface area contributed by atoms with Crippen LogP contribution in [0.4, 0.5) is 10.5 Å². The van der Waals surface area contributed by atoms with Crippen LogP contribution < -0.4 is 19.7 Å². The maximum Gasteiger partial charge on any atom is 0.327 e. The third kappa shape index (κ3) is 7.68. The minimum atomic E-state index is -3.49. The topological polar surface area (TPSA) is 119 Å². The molecule has 1 spiro atoms. The summed E-state index contributed by atoms with van der Waals surface area (Å²) in [6.45, 7) is 4.52. The number of amides is 3. The number of rotatable bonds is 5. The van der Waals surface area contributed by atoms with Gasteiger partial charge in [-0.05, 0) is 111 Å². The summed E-state index contributed by atoms with van der Waals surface area (Å²) in [6.07, 6.45) is 11.7. The number of aryl methyl sites for hydroxylation is 1. The minimum absolute atomic E-state index is 0.0263. The van der Waals surface area contributed by atoms with E-state index in [1.165, 1.54) is 11.1 Å². The van der Waals surface area contributed by atoms with Crippen LogP contribution in [0.25, 0.3) is 0 Å². The first-order chi connectivity index (χ1) is 24.6. The summed E-state index contributed by atoms with van der Waals surface area (Å²) in [5.74, 6) is 0.922. The molecule has 2 heterocycles.